The maximum Gasteiger partial charge on any atom is 0.0356 e. The molecule has 100 valence electrons. The summed E-state index contributed by atoms with van der Waals surface area (Å²) in [5.74, 6) is 4.07. The number of thioether (sulfide) groups is 1. The van der Waals surface area contributed by atoms with Gasteiger partial charge in [0.2, 0.25) is 0 Å². The lowest BCUT2D eigenvalue weighted by Crippen LogP contribution is -2.28. The lowest BCUT2D eigenvalue weighted by molar-refractivity contribution is 0.401. The Kier molecular flexibility index (Phi) is 5.13. The van der Waals surface area contributed by atoms with Gasteiger partial charge in [-0.2, -0.15) is 11.8 Å². The Hall–Kier alpha value is -0.470. The highest BCUT2D eigenvalue weighted by Crippen LogP contribution is 2.34. The lowest BCUT2D eigenvalue weighted by atomic mass is 9.91. The zero-order valence-electron chi connectivity index (χ0n) is 11.8. The van der Waals surface area contributed by atoms with Gasteiger partial charge in [0.25, 0.3) is 0 Å². The van der Waals surface area contributed by atoms with E-state index in [2.05, 4.69) is 62.1 Å². The summed E-state index contributed by atoms with van der Waals surface area (Å²) in [6.07, 6.45) is 1.36. The summed E-state index contributed by atoms with van der Waals surface area (Å²) in [6.45, 7) is 7.77. The van der Waals surface area contributed by atoms with Crippen molar-refractivity contribution in [3.63, 3.8) is 0 Å². The molecular formula is C16H25NS. The Bertz CT molecular complexity index is 352. The molecule has 2 heteroatoms. The SMILES string of the molecule is CCNC(c1ccc(C(C)C)cc1)C1CCSC1. The number of rotatable bonds is 5. The maximum absolute atomic E-state index is 3.68. The molecule has 1 aromatic rings. The molecular weight excluding hydrogens is 238 g/mol. The minimum atomic E-state index is 0.547. The molecule has 2 unspecified atom stereocenters. The second kappa shape index (κ2) is 6.63. The second-order valence-electron chi connectivity index (χ2n) is 5.48. The number of benzene rings is 1. The van der Waals surface area contributed by atoms with Crippen LogP contribution in [0.4, 0.5) is 0 Å². The summed E-state index contributed by atoms with van der Waals surface area (Å²) in [4.78, 5) is 0. The van der Waals surface area contributed by atoms with Crippen LogP contribution in [-0.4, -0.2) is 18.1 Å². The standard InChI is InChI=1S/C16H25NS/c1-4-17-16(15-9-10-18-11-15)14-7-5-13(6-8-14)12(2)3/h5-8,12,15-17H,4,9-11H2,1-3H3. The highest BCUT2D eigenvalue weighted by Gasteiger charge is 2.25. The van der Waals surface area contributed by atoms with Crippen LogP contribution in [-0.2, 0) is 0 Å². The summed E-state index contributed by atoms with van der Waals surface area (Å²) in [5.41, 5.74) is 2.91. The molecule has 18 heavy (non-hydrogen) atoms. The first kappa shape index (κ1) is 14.0. The monoisotopic (exact) mass is 263 g/mol. The van der Waals surface area contributed by atoms with Crippen LogP contribution in [0.5, 0.6) is 0 Å². The Morgan fingerprint density at radius 3 is 2.39 bits per heavy atom. The van der Waals surface area contributed by atoms with Crippen molar-refractivity contribution in [1.82, 2.24) is 5.32 Å². The molecule has 1 saturated heterocycles. The molecule has 0 amide bonds. The minimum Gasteiger partial charge on any atom is -0.310 e. The van der Waals surface area contributed by atoms with Crippen molar-refractivity contribution in [2.45, 2.75) is 39.2 Å². The maximum atomic E-state index is 3.68. The van der Waals surface area contributed by atoms with Gasteiger partial charge in [-0.15, -0.1) is 0 Å². The molecule has 1 aliphatic heterocycles. The van der Waals surface area contributed by atoms with Crippen molar-refractivity contribution < 1.29 is 0 Å². The molecule has 1 aromatic carbocycles. The molecule has 1 aliphatic rings. The lowest BCUT2D eigenvalue weighted by Gasteiger charge is -2.24. The molecule has 0 bridgehead atoms. The van der Waals surface area contributed by atoms with Crippen molar-refractivity contribution in [2.24, 2.45) is 5.92 Å². The smallest absolute Gasteiger partial charge is 0.0356 e. The number of nitrogens with one attached hydrogen (secondary N) is 1. The van der Waals surface area contributed by atoms with Crippen molar-refractivity contribution >= 4 is 11.8 Å². The molecule has 0 radical (unpaired) electrons. The Labute approximate surface area is 116 Å². The molecule has 1 heterocycles. The highest BCUT2D eigenvalue weighted by molar-refractivity contribution is 7.99. The van der Waals surface area contributed by atoms with Crippen molar-refractivity contribution in [2.75, 3.05) is 18.1 Å². The van der Waals surface area contributed by atoms with E-state index in [4.69, 9.17) is 0 Å². The summed E-state index contributed by atoms with van der Waals surface area (Å²) < 4.78 is 0. The first-order valence-electron chi connectivity index (χ1n) is 7.13. The zero-order valence-corrected chi connectivity index (χ0v) is 12.6. The first-order valence-corrected chi connectivity index (χ1v) is 8.28. The van der Waals surface area contributed by atoms with Gasteiger partial charge in [0, 0.05) is 6.04 Å². The van der Waals surface area contributed by atoms with Gasteiger partial charge in [0.15, 0.2) is 0 Å². The van der Waals surface area contributed by atoms with Gasteiger partial charge < -0.3 is 5.32 Å². The third kappa shape index (κ3) is 3.30. The van der Waals surface area contributed by atoms with Gasteiger partial charge in [-0.1, -0.05) is 45.0 Å². The molecule has 0 aromatic heterocycles. The van der Waals surface area contributed by atoms with Crippen LogP contribution in [0.1, 0.15) is 50.3 Å². The van der Waals surface area contributed by atoms with E-state index in [1.54, 1.807) is 0 Å². The normalized spacial score (nSPS) is 21.4. The van der Waals surface area contributed by atoms with Crippen LogP contribution in [0.3, 0.4) is 0 Å². The first-order chi connectivity index (χ1) is 8.72. The predicted molar refractivity (Wildman–Crippen MR) is 82.4 cm³/mol. The summed E-state index contributed by atoms with van der Waals surface area (Å²) in [6, 6.07) is 9.79. The third-order valence-electron chi connectivity index (χ3n) is 3.82. The van der Waals surface area contributed by atoms with Crippen LogP contribution in [0.25, 0.3) is 0 Å². The van der Waals surface area contributed by atoms with E-state index in [1.807, 2.05) is 0 Å². The Morgan fingerprint density at radius 1 is 1.22 bits per heavy atom. The quantitative estimate of drug-likeness (QED) is 0.854. The third-order valence-corrected chi connectivity index (χ3v) is 5.01. The summed E-state index contributed by atoms with van der Waals surface area (Å²) in [7, 11) is 0. The average molecular weight is 263 g/mol. The Morgan fingerprint density at radius 2 is 1.89 bits per heavy atom. The fourth-order valence-electron chi connectivity index (χ4n) is 2.68. The van der Waals surface area contributed by atoms with Gasteiger partial charge in [-0.05, 0) is 47.4 Å². The largest absolute Gasteiger partial charge is 0.310 e. The van der Waals surface area contributed by atoms with Crippen LogP contribution < -0.4 is 5.32 Å². The summed E-state index contributed by atoms with van der Waals surface area (Å²) in [5, 5.41) is 3.68. The molecule has 1 fully saturated rings. The fourth-order valence-corrected chi connectivity index (χ4v) is 3.98. The number of hydrogen-bond donors (Lipinski definition) is 1. The molecule has 1 N–H and O–H groups in total. The van der Waals surface area contributed by atoms with Gasteiger partial charge >= 0.3 is 0 Å². The average Bonchev–Trinajstić information content (AvgIpc) is 2.90. The van der Waals surface area contributed by atoms with Crippen LogP contribution in [0.15, 0.2) is 24.3 Å². The van der Waals surface area contributed by atoms with Gasteiger partial charge in [-0.25, -0.2) is 0 Å². The molecule has 0 aliphatic carbocycles. The van der Waals surface area contributed by atoms with E-state index in [1.165, 1.54) is 29.1 Å². The predicted octanol–water partition coefficient (Wildman–Crippen LogP) is 4.21. The van der Waals surface area contributed by atoms with Crippen molar-refractivity contribution in [3.8, 4) is 0 Å². The van der Waals surface area contributed by atoms with E-state index in [-0.39, 0.29) is 0 Å². The molecule has 2 rings (SSSR count). The molecule has 0 saturated carbocycles. The van der Waals surface area contributed by atoms with Crippen LogP contribution in [0, 0.1) is 5.92 Å². The van der Waals surface area contributed by atoms with Gasteiger partial charge in [0.1, 0.15) is 0 Å². The molecule has 1 nitrogen and oxygen atoms in total. The topological polar surface area (TPSA) is 12.0 Å². The second-order valence-corrected chi connectivity index (χ2v) is 6.63. The van der Waals surface area contributed by atoms with E-state index < -0.39 is 0 Å². The van der Waals surface area contributed by atoms with Crippen LogP contribution in [0.2, 0.25) is 0 Å². The summed E-state index contributed by atoms with van der Waals surface area (Å²) >= 11 is 2.10. The number of hydrogen-bond acceptors (Lipinski definition) is 2. The van der Waals surface area contributed by atoms with Gasteiger partial charge in [-0.3, -0.25) is 0 Å². The fraction of sp³-hybridized carbons (Fsp3) is 0.625. The van der Waals surface area contributed by atoms with E-state index in [9.17, 15) is 0 Å². The Balaban J connectivity index is 2.14. The van der Waals surface area contributed by atoms with E-state index in [0.717, 1.165) is 12.5 Å². The van der Waals surface area contributed by atoms with Crippen LogP contribution >= 0.6 is 11.8 Å². The van der Waals surface area contributed by atoms with Gasteiger partial charge in [0.05, 0.1) is 0 Å². The van der Waals surface area contributed by atoms with E-state index in [0.29, 0.717) is 12.0 Å². The van der Waals surface area contributed by atoms with E-state index >= 15 is 0 Å². The van der Waals surface area contributed by atoms with Crippen molar-refractivity contribution in [3.05, 3.63) is 35.4 Å². The molecule has 0 spiro atoms. The zero-order chi connectivity index (χ0) is 13.0. The minimum absolute atomic E-state index is 0.547. The molecule has 2 atom stereocenters. The highest BCUT2D eigenvalue weighted by atomic mass is 32.2. The van der Waals surface area contributed by atoms with Crippen molar-refractivity contribution in [1.29, 1.82) is 0 Å².